The number of carbonyl (C=O) groups is 1. The molecular weight excluding hydrogens is 324 g/mol. The highest BCUT2D eigenvalue weighted by molar-refractivity contribution is 6.33. The summed E-state index contributed by atoms with van der Waals surface area (Å²) < 4.78 is 0. The van der Waals surface area contributed by atoms with Gasteiger partial charge in [-0.1, -0.05) is 23.7 Å². The number of hydrogen-bond acceptors (Lipinski definition) is 3. The van der Waals surface area contributed by atoms with Gasteiger partial charge in [-0.25, -0.2) is 0 Å². The summed E-state index contributed by atoms with van der Waals surface area (Å²) in [7, 11) is 0. The van der Waals surface area contributed by atoms with Gasteiger partial charge in [-0.15, -0.1) is 0 Å². The quantitative estimate of drug-likeness (QED) is 0.911. The van der Waals surface area contributed by atoms with Crippen molar-refractivity contribution < 1.29 is 4.79 Å². The van der Waals surface area contributed by atoms with E-state index in [1.807, 2.05) is 29.2 Å². The molecule has 24 heavy (non-hydrogen) atoms. The average molecular weight is 345 g/mol. The molecule has 2 heterocycles. The molecule has 2 aliphatic rings. The van der Waals surface area contributed by atoms with E-state index in [0.717, 1.165) is 67.3 Å². The minimum Gasteiger partial charge on any atom is -0.368 e. The number of anilines is 1. The van der Waals surface area contributed by atoms with E-state index >= 15 is 0 Å². The minimum atomic E-state index is 0.0652. The van der Waals surface area contributed by atoms with Crippen LogP contribution in [0.15, 0.2) is 24.3 Å². The average Bonchev–Trinajstić information content (AvgIpc) is 3.11. The number of nitrogens with zero attached hydrogens (tertiary/aromatic N) is 3. The number of fused-ring (bicyclic) bond motifs is 1. The normalized spacial score (nSPS) is 17.7. The Morgan fingerprint density at radius 2 is 1.96 bits per heavy atom. The first-order chi connectivity index (χ1) is 11.7. The fraction of sp³-hybridized carbons (Fsp3) is 0.444. The van der Waals surface area contributed by atoms with Crippen LogP contribution in [0.5, 0.6) is 0 Å². The number of aromatic amines is 1. The number of rotatable bonds is 2. The number of H-pyrrole nitrogens is 1. The van der Waals surface area contributed by atoms with Crippen LogP contribution in [0.25, 0.3) is 0 Å². The maximum absolute atomic E-state index is 12.9. The van der Waals surface area contributed by atoms with Gasteiger partial charge in [0, 0.05) is 37.4 Å². The predicted octanol–water partition coefficient (Wildman–Crippen LogP) is 2.90. The number of nitrogens with one attached hydrogen (secondary N) is 1. The number of hydrogen-bond donors (Lipinski definition) is 1. The first-order valence-corrected chi connectivity index (χ1v) is 8.96. The topological polar surface area (TPSA) is 52.2 Å². The highest BCUT2D eigenvalue weighted by atomic mass is 35.5. The van der Waals surface area contributed by atoms with Crippen molar-refractivity contribution in [2.45, 2.75) is 25.7 Å². The van der Waals surface area contributed by atoms with Crippen LogP contribution in [0, 0.1) is 0 Å². The standard InChI is InChI=1S/C18H21ClN4O/c19-14-6-1-2-8-16(14)22-9-4-10-23(12-11-22)18(24)17-13-5-3-7-15(13)20-21-17/h1-2,6,8H,3-5,7,9-12H2,(H,20,21). The molecule has 1 fully saturated rings. The SMILES string of the molecule is O=C(c1n[nH]c2c1CCC2)N1CCCN(c2ccccc2Cl)CC1. The summed E-state index contributed by atoms with van der Waals surface area (Å²) in [5, 5.41) is 8.09. The molecule has 1 aliphatic heterocycles. The second kappa shape index (κ2) is 6.48. The second-order valence-corrected chi connectivity index (χ2v) is 6.87. The maximum Gasteiger partial charge on any atom is 0.274 e. The van der Waals surface area contributed by atoms with Gasteiger partial charge in [0.05, 0.1) is 10.7 Å². The van der Waals surface area contributed by atoms with Gasteiger partial charge in [0.2, 0.25) is 0 Å². The Hall–Kier alpha value is -2.01. The van der Waals surface area contributed by atoms with E-state index in [1.165, 1.54) is 0 Å². The zero-order valence-electron chi connectivity index (χ0n) is 13.6. The number of halogens is 1. The molecule has 2 aromatic rings. The van der Waals surface area contributed by atoms with Gasteiger partial charge >= 0.3 is 0 Å². The van der Waals surface area contributed by atoms with Crippen molar-refractivity contribution >= 4 is 23.2 Å². The lowest BCUT2D eigenvalue weighted by atomic mass is 10.2. The first-order valence-electron chi connectivity index (χ1n) is 8.59. The van der Waals surface area contributed by atoms with Crippen molar-refractivity contribution in [2.24, 2.45) is 0 Å². The molecule has 4 rings (SSSR count). The van der Waals surface area contributed by atoms with Crippen LogP contribution in [-0.2, 0) is 12.8 Å². The van der Waals surface area contributed by atoms with Gasteiger partial charge < -0.3 is 9.80 Å². The van der Waals surface area contributed by atoms with E-state index in [1.54, 1.807) is 0 Å². The van der Waals surface area contributed by atoms with Gasteiger partial charge in [-0.2, -0.15) is 5.10 Å². The Kier molecular flexibility index (Phi) is 4.19. The van der Waals surface area contributed by atoms with E-state index < -0.39 is 0 Å². The number of amides is 1. The molecule has 126 valence electrons. The molecule has 0 saturated carbocycles. The third-order valence-corrected chi connectivity index (χ3v) is 5.30. The Bertz CT molecular complexity index is 757. The molecule has 1 saturated heterocycles. The Morgan fingerprint density at radius 1 is 1.08 bits per heavy atom. The van der Waals surface area contributed by atoms with E-state index in [9.17, 15) is 4.79 Å². The van der Waals surface area contributed by atoms with Crippen LogP contribution >= 0.6 is 11.6 Å². The van der Waals surface area contributed by atoms with Crippen molar-refractivity contribution in [3.05, 3.63) is 46.2 Å². The summed E-state index contributed by atoms with van der Waals surface area (Å²) in [5.41, 5.74) is 3.96. The van der Waals surface area contributed by atoms with Crippen LogP contribution in [0.2, 0.25) is 5.02 Å². The third-order valence-electron chi connectivity index (χ3n) is 4.99. The highest BCUT2D eigenvalue weighted by Gasteiger charge is 2.28. The van der Waals surface area contributed by atoms with Gasteiger partial charge in [0.25, 0.3) is 5.91 Å². The van der Waals surface area contributed by atoms with Crippen LogP contribution < -0.4 is 4.90 Å². The van der Waals surface area contributed by atoms with Crippen molar-refractivity contribution in [3.63, 3.8) is 0 Å². The molecule has 6 heteroatoms. The molecule has 0 bridgehead atoms. The van der Waals surface area contributed by atoms with Crippen LogP contribution in [0.1, 0.15) is 34.6 Å². The van der Waals surface area contributed by atoms with E-state index in [0.29, 0.717) is 12.2 Å². The van der Waals surface area contributed by atoms with Gasteiger partial charge in [0.1, 0.15) is 0 Å². The lowest BCUT2D eigenvalue weighted by Crippen LogP contribution is -2.35. The van der Waals surface area contributed by atoms with E-state index in [4.69, 9.17) is 11.6 Å². The Balaban J connectivity index is 1.48. The Morgan fingerprint density at radius 3 is 2.83 bits per heavy atom. The largest absolute Gasteiger partial charge is 0.368 e. The molecule has 0 unspecified atom stereocenters. The summed E-state index contributed by atoms with van der Waals surface area (Å²) in [6.07, 6.45) is 4.02. The van der Waals surface area contributed by atoms with Gasteiger partial charge in [-0.05, 0) is 37.8 Å². The molecule has 5 nitrogen and oxygen atoms in total. The molecule has 1 aliphatic carbocycles. The number of para-hydroxylation sites is 1. The lowest BCUT2D eigenvalue weighted by Gasteiger charge is -2.24. The number of aryl methyl sites for hydroxylation is 1. The lowest BCUT2D eigenvalue weighted by molar-refractivity contribution is 0.0760. The molecule has 0 spiro atoms. The second-order valence-electron chi connectivity index (χ2n) is 6.47. The number of carbonyl (C=O) groups excluding carboxylic acids is 1. The monoisotopic (exact) mass is 344 g/mol. The molecule has 0 atom stereocenters. The van der Waals surface area contributed by atoms with E-state index in [2.05, 4.69) is 15.1 Å². The Labute approximate surface area is 146 Å². The molecule has 1 aromatic carbocycles. The highest BCUT2D eigenvalue weighted by Crippen LogP contribution is 2.27. The van der Waals surface area contributed by atoms with Crippen LogP contribution in [-0.4, -0.2) is 47.2 Å². The van der Waals surface area contributed by atoms with Gasteiger partial charge in [-0.3, -0.25) is 9.89 Å². The molecule has 0 radical (unpaired) electrons. The molecular formula is C18H21ClN4O. The zero-order valence-corrected chi connectivity index (χ0v) is 14.4. The van der Waals surface area contributed by atoms with E-state index in [-0.39, 0.29) is 5.91 Å². The first kappa shape index (κ1) is 15.5. The van der Waals surface area contributed by atoms with Crippen LogP contribution in [0.4, 0.5) is 5.69 Å². The summed E-state index contributed by atoms with van der Waals surface area (Å²) in [6.45, 7) is 3.17. The zero-order chi connectivity index (χ0) is 16.5. The molecule has 1 aromatic heterocycles. The summed E-state index contributed by atoms with van der Waals surface area (Å²) in [5.74, 6) is 0.0652. The number of benzene rings is 1. The van der Waals surface area contributed by atoms with Crippen molar-refractivity contribution in [2.75, 3.05) is 31.1 Å². The maximum atomic E-state index is 12.9. The van der Waals surface area contributed by atoms with Crippen molar-refractivity contribution in [1.29, 1.82) is 0 Å². The smallest absolute Gasteiger partial charge is 0.274 e. The fourth-order valence-electron chi connectivity index (χ4n) is 3.72. The van der Waals surface area contributed by atoms with Crippen molar-refractivity contribution in [3.8, 4) is 0 Å². The predicted molar refractivity (Wildman–Crippen MR) is 94.8 cm³/mol. The van der Waals surface area contributed by atoms with Crippen molar-refractivity contribution in [1.82, 2.24) is 15.1 Å². The fourth-order valence-corrected chi connectivity index (χ4v) is 3.97. The third kappa shape index (κ3) is 2.77. The molecule has 1 amide bonds. The summed E-state index contributed by atoms with van der Waals surface area (Å²) in [6, 6.07) is 7.90. The van der Waals surface area contributed by atoms with Crippen LogP contribution in [0.3, 0.4) is 0 Å². The van der Waals surface area contributed by atoms with Gasteiger partial charge in [0.15, 0.2) is 5.69 Å². The number of aromatic nitrogens is 2. The minimum absolute atomic E-state index is 0.0652. The molecule has 1 N–H and O–H groups in total. The summed E-state index contributed by atoms with van der Waals surface area (Å²) in [4.78, 5) is 17.1. The summed E-state index contributed by atoms with van der Waals surface area (Å²) >= 11 is 6.32.